The van der Waals surface area contributed by atoms with E-state index in [1.807, 2.05) is 42.5 Å². The maximum atomic E-state index is 13.5. The summed E-state index contributed by atoms with van der Waals surface area (Å²) < 4.78 is 13.5. The Morgan fingerprint density at radius 1 is 1.15 bits per heavy atom. The molecule has 2 aromatic carbocycles. The van der Waals surface area contributed by atoms with Crippen molar-refractivity contribution in [1.82, 2.24) is 20.0 Å². The summed E-state index contributed by atoms with van der Waals surface area (Å²) in [6.07, 6.45) is 3.73. The van der Waals surface area contributed by atoms with Crippen LogP contribution in [0.5, 0.6) is 0 Å². The third kappa shape index (κ3) is 5.48. The number of nitrogens with zero attached hydrogens (tertiary/aromatic N) is 3. The number of piperidine rings is 1. The quantitative estimate of drug-likeness (QED) is 0.557. The van der Waals surface area contributed by atoms with E-state index >= 15 is 0 Å². The summed E-state index contributed by atoms with van der Waals surface area (Å²) >= 11 is 0. The van der Waals surface area contributed by atoms with E-state index in [-0.39, 0.29) is 17.6 Å². The fourth-order valence-corrected chi connectivity index (χ4v) is 4.30. The number of nitrogens with one attached hydrogen (secondary N) is 1. The van der Waals surface area contributed by atoms with Gasteiger partial charge in [0.25, 0.3) is 0 Å². The number of carbonyl (C=O) groups excluding carboxylic acids is 2. The third-order valence-corrected chi connectivity index (χ3v) is 6.09. The molecule has 3 aromatic rings. The second-order valence-corrected chi connectivity index (χ2v) is 8.51. The SMILES string of the molecule is CN(CCCc1cc(-c2cccc(F)c2)n[nH]1)C(=O)C(c1ccccc1)N1CCCCC1=O. The van der Waals surface area contributed by atoms with Crippen molar-refractivity contribution >= 4 is 11.8 Å². The van der Waals surface area contributed by atoms with Crippen LogP contribution in [0.2, 0.25) is 0 Å². The summed E-state index contributed by atoms with van der Waals surface area (Å²) in [5.41, 5.74) is 3.20. The van der Waals surface area contributed by atoms with Crippen LogP contribution in [-0.4, -0.2) is 51.9 Å². The molecule has 4 rings (SSSR count). The molecule has 0 bridgehead atoms. The molecule has 1 saturated heterocycles. The van der Waals surface area contributed by atoms with E-state index in [0.29, 0.717) is 31.6 Å². The average Bonchev–Trinajstić information content (AvgIpc) is 3.30. The van der Waals surface area contributed by atoms with E-state index in [1.54, 1.807) is 22.9 Å². The fourth-order valence-electron chi connectivity index (χ4n) is 4.30. The number of halogens is 1. The van der Waals surface area contributed by atoms with Crippen molar-refractivity contribution < 1.29 is 14.0 Å². The normalized spacial score (nSPS) is 14.8. The van der Waals surface area contributed by atoms with Gasteiger partial charge in [-0.15, -0.1) is 0 Å². The summed E-state index contributed by atoms with van der Waals surface area (Å²) in [5.74, 6) is -0.321. The lowest BCUT2D eigenvalue weighted by Gasteiger charge is -2.36. The number of carbonyl (C=O) groups is 2. The van der Waals surface area contributed by atoms with E-state index in [9.17, 15) is 14.0 Å². The van der Waals surface area contributed by atoms with Gasteiger partial charge in [0.2, 0.25) is 11.8 Å². The lowest BCUT2D eigenvalue weighted by molar-refractivity contribution is -0.147. The van der Waals surface area contributed by atoms with Crippen LogP contribution in [0.1, 0.15) is 43.0 Å². The minimum Gasteiger partial charge on any atom is -0.344 e. The van der Waals surface area contributed by atoms with E-state index in [1.165, 1.54) is 12.1 Å². The Balaban J connectivity index is 1.39. The Hall–Kier alpha value is -3.48. The molecule has 1 unspecified atom stereocenters. The van der Waals surface area contributed by atoms with Gasteiger partial charge in [0.05, 0.1) is 5.69 Å². The van der Waals surface area contributed by atoms with E-state index < -0.39 is 6.04 Å². The molecule has 1 atom stereocenters. The monoisotopic (exact) mass is 448 g/mol. The van der Waals surface area contributed by atoms with Crippen molar-refractivity contribution in [2.24, 2.45) is 0 Å². The molecule has 1 aliphatic heterocycles. The number of benzene rings is 2. The molecular formula is C26H29FN4O2. The van der Waals surface area contributed by atoms with Crippen LogP contribution in [0.25, 0.3) is 11.3 Å². The van der Waals surface area contributed by atoms with Crippen molar-refractivity contribution in [3.05, 3.63) is 77.7 Å². The highest BCUT2D eigenvalue weighted by molar-refractivity contribution is 5.89. The van der Waals surface area contributed by atoms with Crippen LogP contribution < -0.4 is 0 Å². The second-order valence-electron chi connectivity index (χ2n) is 8.51. The number of aromatic amines is 1. The molecule has 0 aliphatic carbocycles. The Morgan fingerprint density at radius 3 is 2.73 bits per heavy atom. The third-order valence-electron chi connectivity index (χ3n) is 6.09. The van der Waals surface area contributed by atoms with Crippen LogP contribution >= 0.6 is 0 Å². The summed E-state index contributed by atoms with van der Waals surface area (Å²) in [6.45, 7) is 1.16. The van der Waals surface area contributed by atoms with Gasteiger partial charge in [-0.1, -0.05) is 42.5 Å². The van der Waals surface area contributed by atoms with Crippen molar-refractivity contribution in [1.29, 1.82) is 0 Å². The zero-order valence-electron chi connectivity index (χ0n) is 18.8. The lowest BCUT2D eigenvalue weighted by atomic mass is 10.00. The van der Waals surface area contributed by atoms with Gasteiger partial charge in [-0.05, 0) is 49.4 Å². The molecule has 33 heavy (non-hydrogen) atoms. The zero-order valence-corrected chi connectivity index (χ0v) is 18.8. The molecule has 172 valence electrons. The van der Waals surface area contributed by atoms with Crippen LogP contribution in [-0.2, 0) is 16.0 Å². The number of aromatic nitrogens is 2. The first kappa shape index (κ1) is 22.7. The van der Waals surface area contributed by atoms with Gasteiger partial charge in [-0.25, -0.2) is 4.39 Å². The first-order valence-corrected chi connectivity index (χ1v) is 11.4. The van der Waals surface area contributed by atoms with Gasteiger partial charge < -0.3 is 9.80 Å². The van der Waals surface area contributed by atoms with Gasteiger partial charge in [0.15, 0.2) is 0 Å². The molecule has 6 nitrogen and oxygen atoms in total. The first-order chi connectivity index (χ1) is 16.0. The largest absolute Gasteiger partial charge is 0.344 e. The summed E-state index contributed by atoms with van der Waals surface area (Å²) in [6, 6.07) is 17.2. The van der Waals surface area contributed by atoms with Gasteiger partial charge in [-0.3, -0.25) is 14.7 Å². The molecule has 1 aromatic heterocycles. The van der Waals surface area contributed by atoms with Crippen LogP contribution in [0.4, 0.5) is 4.39 Å². The number of hydrogen-bond donors (Lipinski definition) is 1. The van der Waals surface area contributed by atoms with E-state index in [4.69, 9.17) is 0 Å². The zero-order chi connectivity index (χ0) is 23.2. The maximum Gasteiger partial charge on any atom is 0.249 e. The molecule has 0 spiro atoms. The molecule has 0 saturated carbocycles. The number of likely N-dealkylation sites (N-methyl/N-ethyl adjacent to an activating group) is 1. The first-order valence-electron chi connectivity index (χ1n) is 11.4. The van der Waals surface area contributed by atoms with Crippen molar-refractivity contribution in [2.75, 3.05) is 20.1 Å². The molecule has 1 fully saturated rings. The standard InChI is InChI=1S/C26H29FN4O2/c1-30(15-8-13-22-18-23(29-28-22)20-11-7-12-21(27)17-20)26(33)25(19-9-3-2-4-10-19)31-16-6-5-14-24(31)32/h2-4,7,9-12,17-18,25H,5-6,8,13-16H2,1H3,(H,28,29). The number of aryl methyl sites for hydroxylation is 1. The predicted octanol–water partition coefficient (Wildman–Crippen LogP) is 4.36. The predicted molar refractivity (Wildman–Crippen MR) is 125 cm³/mol. The summed E-state index contributed by atoms with van der Waals surface area (Å²) in [7, 11) is 1.79. The van der Waals surface area contributed by atoms with Crippen LogP contribution in [0.3, 0.4) is 0 Å². The minimum atomic E-state index is -0.587. The molecular weight excluding hydrogens is 419 g/mol. The van der Waals surface area contributed by atoms with E-state index in [0.717, 1.165) is 36.1 Å². The highest BCUT2D eigenvalue weighted by Crippen LogP contribution is 2.27. The second kappa shape index (κ2) is 10.4. The van der Waals surface area contributed by atoms with Crippen LogP contribution in [0, 0.1) is 5.82 Å². The highest BCUT2D eigenvalue weighted by Gasteiger charge is 2.34. The Bertz CT molecular complexity index is 1100. The number of hydrogen-bond acceptors (Lipinski definition) is 3. The number of amides is 2. The summed E-state index contributed by atoms with van der Waals surface area (Å²) in [4.78, 5) is 29.5. The minimum absolute atomic E-state index is 0.0409. The number of likely N-dealkylation sites (tertiary alicyclic amines) is 1. The van der Waals surface area contributed by atoms with Gasteiger partial charge >= 0.3 is 0 Å². The summed E-state index contributed by atoms with van der Waals surface area (Å²) in [5, 5.41) is 7.29. The molecule has 2 amide bonds. The molecule has 7 heteroatoms. The molecule has 2 heterocycles. The Morgan fingerprint density at radius 2 is 1.97 bits per heavy atom. The molecule has 0 radical (unpaired) electrons. The topological polar surface area (TPSA) is 69.3 Å². The number of H-pyrrole nitrogens is 1. The Labute approximate surface area is 193 Å². The number of rotatable bonds is 8. The lowest BCUT2D eigenvalue weighted by Crippen LogP contribution is -2.46. The van der Waals surface area contributed by atoms with Crippen molar-refractivity contribution in [2.45, 2.75) is 38.1 Å². The van der Waals surface area contributed by atoms with Gasteiger partial charge in [0, 0.05) is 37.8 Å². The Kier molecular flexibility index (Phi) is 7.17. The van der Waals surface area contributed by atoms with E-state index in [2.05, 4.69) is 10.2 Å². The molecule has 1 N–H and O–H groups in total. The van der Waals surface area contributed by atoms with Crippen LogP contribution in [0.15, 0.2) is 60.7 Å². The average molecular weight is 449 g/mol. The van der Waals surface area contributed by atoms with Crippen molar-refractivity contribution in [3.63, 3.8) is 0 Å². The van der Waals surface area contributed by atoms with Gasteiger partial charge in [0.1, 0.15) is 11.9 Å². The highest BCUT2D eigenvalue weighted by atomic mass is 19.1. The maximum absolute atomic E-state index is 13.5. The smallest absolute Gasteiger partial charge is 0.249 e. The van der Waals surface area contributed by atoms with Gasteiger partial charge in [-0.2, -0.15) is 5.10 Å². The molecule has 1 aliphatic rings. The fraction of sp³-hybridized carbons (Fsp3) is 0.346. The van der Waals surface area contributed by atoms with Crippen molar-refractivity contribution in [3.8, 4) is 11.3 Å².